The van der Waals surface area contributed by atoms with Crippen LogP contribution in [-0.4, -0.2) is 50.7 Å². The highest BCUT2D eigenvalue weighted by molar-refractivity contribution is 5.85. The number of aliphatic hydroxyl groups is 1. The number of fused-ring (bicyclic) bond motifs is 1. The van der Waals surface area contributed by atoms with Gasteiger partial charge in [-0.15, -0.1) is 12.4 Å². The van der Waals surface area contributed by atoms with E-state index in [0.717, 1.165) is 17.9 Å². The van der Waals surface area contributed by atoms with E-state index in [9.17, 15) is 5.11 Å². The van der Waals surface area contributed by atoms with Crippen LogP contribution in [0.4, 0.5) is 0 Å². The van der Waals surface area contributed by atoms with Gasteiger partial charge in [-0.2, -0.15) is 0 Å². The van der Waals surface area contributed by atoms with Crippen LogP contribution in [0.15, 0.2) is 18.2 Å². The van der Waals surface area contributed by atoms with Crippen molar-refractivity contribution in [1.82, 2.24) is 4.90 Å². The van der Waals surface area contributed by atoms with Crippen molar-refractivity contribution in [2.45, 2.75) is 6.10 Å². The molecule has 6 heteroatoms. The molecule has 1 atom stereocenters. The molecule has 0 amide bonds. The van der Waals surface area contributed by atoms with Crippen LogP contribution >= 0.6 is 12.4 Å². The van der Waals surface area contributed by atoms with Gasteiger partial charge < -0.3 is 24.2 Å². The maximum atomic E-state index is 9.98. The smallest absolute Gasteiger partial charge is 0.231 e. The summed E-state index contributed by atoms with van der Waals surface area (Å²) in [7, 11) is 3.97. The van der Waals surface area contributed by atoms with E-state index < -0.39 is 6.10 Å². The van der Waals surface area contributed by atoms with Gasteiger partial charge in [-0.1, -0.05) is 6.07 Å². The van der Waals surface area contributed by atoms with Crippen molar-refractivity contribution in [1.29, 1.82) is 0 Å². The molecule has 0 saturated heterocycles. The molecule has 1 N–H and O–H groups in total. The number of ether oxygens (including phenoxy) is 3. The molecule has 0 bridgehead atoms. The Labute approximate surface area is 119 Å². The van der Waals surface area contributed by atoms with Gasteiger partial charge in [-0.3, -0.25) is 0 Å². The average molecular weight is 290 g/mol. The molecule has 0 aliphatic carbocycles. The molecule has 1 aliphatic rings. The molecule has 1 aliphatic heterocycles. The van der Waals surface area contributed by atoms with Crippen molar-refractivity contribution in [2.24, 2.45) is 0 Å². The van der Waals surface area contributed by atoms with E-state index in [1.807, 2.05) is 25.1 Å². The third-order valence-electron chi connectivity index (χ3n) is 2.74. The van der Waals surface area contributed by atoms with Crippen molar-refractivity contribution >= 4 is 12.4 Å². The van der Waals surface area contributed by atoms with Gasteiger partial charge in [0.2, 0.25) is 6.79 Å². The van der Waals surface area contributed by atoms with Gasteiger partial charge in [0.1, 0.15) is 6.10 Å². The largest absolute Gasteiger partial charge is 0.454 e. The second-order valence-electron chi connectivity index (χ2n) is 4.51. The molecule has 0 fully saturated rings. The normalized spacial score (nSPS) is 14.3. The summed E-state index contributed by atoms with van der Waals surface area (Å²) in [5.74, 6) is 1.40. The highest BCUT2D eigenvalue weighted by Gasteiger charge is 2.16. The quantitative estimate of drug-likeness (QED) is 0.803. The molecular formula is C13H20ClNO4. The molecule has 108 valence electrons. The van der Waals surface area contributed by atoms with Gasteiger partial charge in [-0.05, 0) is 31.8 Å². The van der Waals surface area contributed by atoms with Crippen molar-refractivity contribution in [3.8, 4) is 11.5 Å². The molecule has 1 unspecified atom stereocenters. The first-order valence-corrected chi connectivity index (χ1v) is 5.97. The highest BCUT2D eigenvalue weighted by atomic mass is 35.5. The summed E-state index contributed by atoms with van der Waals surface area (Å²) in [6.45, 7) is 1.98. The summed E-state index contributed by atoms with van der Waals surface area (Å²) >= 11 is 0. The summed E-state index contributed by atoms with van der Waals surface area (Å²) in [6.07, 6.45) is -0.637. The Kier molecular flexibility index (Phi) is 6.37. The number of nitrogens with zero attached hydrogens (tertiary/aromatic N) is 1. The van der Waals surface area contributed by atoms with Gasteiger partial charge in [0.05, 0.1) is 13.2 Å². The van der Waals surface area contributed by atoms with Crippen LogP contribution in [0.25, 0.3) is 0 Å². The first kappa shape index (κ1) is 16.0. The second-order valence-corrected chi connectivity index (χ2v) is 4.51. The fourth-order valence-corrected chi connectivity index (χ4v) is 1.66. The van der Waals surface area contributed by atoms with Gasteiger partial charge in [0, 0.05) is 6.54 Å². The Bertz CT molecular complexity index is 400. The lowest BCUT2D eigenvalue weighted by molar-refractivity contribution is 0.0306. The van der Waals surface area contributed by atoms with E-state index in [4.69, 9.17) is 14.2 Å². The van der Waals surface area contributed by atoms with E-state index in [0.29, 0.717) is 12.4 Å². The number of halogens is 1. The standard InChI is InChI=1S/C13H19NO4.ClH/c1-14(2)5-6-16-8-11(15)10-3-4-12-13(7-10)18-9-17-12;/h3-4,7,11,15H,5-6,8-9H2,1-2H3;1H. The lowest BCUT2D eigenvalue weighted by atomic mass is 10.1. The number of rotatable bonds is 6. The Morgan fingerprint density at radius 1 is 1.32 bits per heavy atom. The van der Waals surface area contributed by atoms with Crippen molar-refractivity contribution in [3.63, 3.8) is 0 Å². The van der Waals surface area contributed by atoms with Crippen LogP contribution in [0.3, 0.4) is 0 Å². The molecule has 0 spiro atoms. The van der Waals surface area contributed by atoms with E-state index in [2.05, 4.69) is 0 Å². The topological polar surface area (TPSA) is 51.2 Å². The summed E-state index contributed by atoms with van der Waals surface area (Å²) < 4.78 is 15.9. The molecule has 0 aromatic heterocycles. The lowest BCUT2D eigenvalue weighted by Gasteiger charge is -2.14. The zero-order valence-corrected chi connectivity index (χ0v) is 12.0. The number of hydrogen-bond donors (Lipinski definition) is 1. The molecule has 0 radical (unpaired) electrons. The second kappa shape index (κ2) is 7.55. The highest BCUT2D eigenvalue weighted by Crippen LogP contribution is 2.34. The van der Waals surface area contributed by atoms with Gasteiger partial charge in [0.15, 0.2) is 11.5 Å². The number of likely N-dealkylation sites (N-methyl/N-ethyl adjacent to an activating group) is 1. The number of aliphatic hydroxyl groups excluding tert-OH is 1. The zero-order chi connectivity index (χ0) is 13.0. The third-order valence-corrected chi connectivity index (χ3v) is 2.74. The minimum absolute atomic E-state index is 0. The van der Waals surface area contributed by atoms with Crippen molar-refractivity contribution in [3.05, 3.63) is 23.8 Å². The molecule has 1 aromatic carbocycles. The van der Waals surface area contributed by atoms with E-state index in [1.165, 1.54) is 0 Å². The van der Waals surface area contributed by atoms with Crippen molar-refractivity contribution in [2.75, 3.05) is 40.6 Å². The average Bonchev–Trinajstić information content (AvgIpc) is 2.81. The van der Waals surface area contributed by atoms with Crippen LogP contribution < -0.4 is 9.47 Å². The van der Waals surface area contributed by atoms with Crippen LogP contribution in [-0.2, 0) is 4.74 Å². The predicted molar refractivity (Wildman–Crippen MR) is 74.1 cm³/mol. The third kappa shape index (κ3) is 4.54. The van der Waals surface area contributed by atoms with Crippen LogP contribution in [0.5, 0.6) is 11.5 Å². The minimum atomic E-state index is -0.637. The zero-order valence-electron chi connectivity index (χ0n) is 11.2. The first-order chi connectivity index (χ1) is 8.66. The molecular weight excluding hydrogens is 270 g/mol. The Balaban J connectivity index is 0.00000180. The van der Waals surface area contributed by atoms with E-state index in [1.54, 1.807) is 12.1 Å². The number of benzene rings is 1. The molecule has 5 nitrogen and oxygen atoms in total. The maximum absolute atomic E-state index is 9.98. The SMILES string of the molecule is CN(C)CCOCC(O)c1ccc2c(c1)OCO2.Cl. The summed E-state index contributed by atoms with van der Waals surface area (Å²) in [4.78, 5) is 2.03. The molecule has 2 rings (SSSR count). The molecule has 1 heterocycles. The monoisotopic (exact) mass is 289 g/mol. The predicted octanol–water partition coefficient (Wildman–Crippen LogP) is 1.45. The Morgan fingerprint density at radius 2 is 2.05 bits per heavy atom. The van der Waals surface area contributed by atoms with Gasteiger partial charge >= 0.3 is 0 Å². The molecule has 1 aromatic rings. The fourth-order valence-electron chi connectivity index (χ4n) is 1.66. The van der Waals surface area contributed by atoms with Gasteiger partial charge in [0.25, 0.3) is 0 Å². The lowest BCUT2D eigenvalue weighted by Crippen LogP contribution is -2.19. The van der Waals surface area contributed by atoms with E-state index in [-0.39, 0.29) is 25.8 Å². The molecule has 19 heavy (non-hydrogen) atoms. The minimum Gasteiger partial charge on any atom is -0.454 e. The van der Waals surface area contributed by atoms with Crippen LogP contribution in [0, 0.1) is 0 Å². The fraction of sp³-hybridized carbons (Fsp3) is 0.538. The first-order valence-electron chi connectivity index (χ1n) is 5.97. The maximum Gasteiger partial charge on any atom is 0.231 e. The van der Waals surface area contributed by atoms with Gasteiger partial charge in [-0.25, -0.2) is 0 Å². The summed E-state index contributed by atoms with van der Waals surface area (Å²) in [5.41, 5.74) is 0.782. The van der Waals surface area contributed by atoms with Crippen molar-refractivity contribution < 1.29 is 19.3 Å². The van der Waals surface area contributed by atoms with Crippen LogP contribution in [0.1, 0.15) is 11.7 Å². The van der Waals surface area contributed by atoms with E-state index >= 15 is 0 Å². The Hall–Kier alpha value is -1.01. The van der Waals surface area contributed by atoms with Crippen LogP contribution in [0.2, 0.25) is 0 Å². The summed E-state index contributed by atoms with van der Waals surface area (Å²) in [6, 6.07) is 5.43. The molecule has 0 saturated carbocycles. The Morgan fingerprint density at radius 3 is 2.79 bits per heavy atom. The number of hydrogen-bond acceptors (Lipinski definition) is 5. The summed E-state index contributed by atoms with van der Waals surface area (Å²) in [5, 5.41) is 9.98.